The minimum Gasteiger partial charge on any atom is -0.426 e. The van der Waals surface area contributed by atoms with Crippen molar-refractivity contribution in [2.75, 3.05) is 0 Å². The Morgan fingerprint density at radius 1 is 0.692 bits per heavy atom. The Morgan fingerprint density at radius 2 is 1.28 bits per heavy atom. The van der Waals surface area contributed by atoms with Crippen LogP contribution in [0.2, 0.25) is 0 Å². The van der Waals surface area contributed by atoms with Gasteiger partial charge in [0.1, 0.15) is 5.75 Å². The fourth-order valence-electron chi connectivity index (χ4n) is 4.79. The van der Waals surface area contributed by atoms with Gasteiger partial charge in [-0.2, -0.15) is 0 Å². The van der Waals surface area contributed by atoms with Crippen LogP contribution in [0.5, 0.6) is 5.75 Å². The number of esters is 1. The van der Waals surface area contributed by atoms with Gasteiger partial charge in [-0.25, -0.2) is 9.97 Å². The average Bonchev–Trinajstić information content (AvgIpc) is 2.95. The van der Waals surface area contributed by atoms with Crippen molar-refractivity contribution in [1.29, 1.82) is 0 Å². The van der Waals surface area contributed by atoms with E-state index in [9.17, 15) is 4.79 Å². The number of benzene rings is 2. The fraction of sp³-hybridized carbons (Fsp3) is 0.514. The normalized spacial score (nSPS) is 12.0. The molecule has 0 spiro atoms. The second-order valence-electron chi connectivity index (χ2n) is 11.4. The quantitative estimate of drug-likeness (QED) is 0.0993. The van der Waals surface area contributed by atoms with Gasteiger partial charge >= 0.3 is 5.97 Å². The highest BCUT2D eigenvalue weighted by Gasteiger charge is 2.15. The Morgan fingerprint density at radius 3 is 1.90 bits per heavy atom. The number of rotatable bonds is 17. The number of unbranched alkanes of at least 4 members (excludes halogenated alkanes) is 7. The summed E-state index contributed by atoms with van der Waals surface area (Å²) in [5, 5.41) is 0. The third-order valence-electron chi connectivity index (χ3n) is 7.41. The molecule has 1 aromatic heterocycles. The molecule has 4 heteroatoms. The molecule has 0 saturated carbocycles. The molecule has 0 bridgehead atoms. The van der Waals surface area contributed by atoms with E-state index in [0.29, 0.717) is 17.5 Å². The molecule has 2 aromatic carbocycles. The zero-order valence-electron chi connectivity index (χ0n) is 24.6. The molecule has 0 aliphatic rings. The molecular weight excluding hydrogens is 480 g/mol. The summed E-state index contributed by atoms with van der Waals surface area (Å²) in [6.07, 6.45) is 18.7. The van der Waals surface area contributed by atoms with Gasteiger partial charge in [0.15, 0.2) is 5.82 Å². The first-order valence-electron chi connectivity index (χ1n) is 15.2. The number of nitrogens with zero attached hydrogens (tertiary/aromatic N) is 2. The molecule has 1 heterocycles. The third-order valence-corrected chi connectivity index (χ3v) is 7.41. The molecule has 0 amide bonds. The molecule has 3 aromatic rings. The highest BCUT2D eigenvalue weighted by Crippen LogP contribution is 2.24. The van der Waals surface area contributed by atoms with Gasteiger partial charge in [-0.15, -0.1) is 0 Å². The molecule has 0 radical (unpaired) electrons. The first kappa shape index (κ1) is 30.5. The van der Waals surface area contributed by atoms with Gasteiger partial charge in [0, 0.05) is 23.5 Å². The number of hydrogen-bond donors (Lipinski definition) is 0. The number of aromatic nitrogens is 2. The van der Waals surface area contributed by atoms with Crippen molar-refractivity contribution in [3.8, 4) is 28.3 Å². The van der Waals surface area contributed by atoms with E-state index in [4.69, 9.17) is 4.74 Å². The molecule has 0 aliphatic carbocycles. The lowest BCUT2D eigenvalue weighted by Gasteiger charge is -2.12. The molecule has 1 atom stereocenters. The van der Waals surface area contributed by atoms with E-state index in [1.807, 2.05) is 43.6 Å². The SMILES string of the molecule is CCCCCCCCCCc1ccc(-c2cnc(-c3ccc(OC(=O)C(C)CCCC(C)C)cc3)nc2)cc1. The van der Waals surface area contributed by atoms with Gasteiger partial charge in [0.2, 0.25) is 0 Å². The van der Waals surface area contributed by atoms with Crippen LogP contribution in [0.25, 0.3) is 22.5 Å². The maximum Gasteiger partial charge on any atom is 0.314 e. The molecule has 3 rings (SSSR count). The molecule has 0 saturated heterocycles. The van der Waals surface area contributed by atoms with Gasteiger partial charge < -0.3 is 4.74 Å². The van der Waals surface area contributed by atoms with Crippen LogP contribution in [0, 0.1) is 11.8 Å². The Labute approximate surface area is 236 Å². The van der Waals surface area contributed by atoms with Gasteiger partial charge in [-0.1, -0.05) is 110 Å². The largest absolute Gasteiger partial charge is 0.426 e. The van der Waals surface area contributed by atoms with E-state index in [1.165, 1.54) is 56.9 Å². The van der Waals surface area contributed by atoms with Crippen LogP contribution >= 0.6 is 0 Å². The Bertz CT molecular complexity index is 1090. The van der Waals surface area contributed by atoms with Crippen molar-refractivity contribution in [3.63, 3.8) is 0 Å². The lowest BCUT2D eigenvalue weighted by atomic mass is 10.00. The number of ether oxygens (including phenoxy) is 1. The summed E-state index contributed by atoms with van der Waals surface area (Å²) in [4.78, 5) is 21.6. The topological polar surface area (TPSA) is 52.1 Å². The number of carbonyl (C=O) groups excluding carboxylic acids is 1. The van der Waals surface area contributed by atoms with Crippen LogP contribution < -0.4 is 4.74 Å². The summed E-state index contributed by atoms with van der Waals surface area (Å²) in [5.41, 5.74) is 4.43. The third kappa shape index (κ3) is 10.9. The van der Waals surface area contributed by atoms with E-state index >= 15 is 0 Å². The monoisotopic (exact) mass is 528 g/mol. The average molecular weight is 529 g/mol. The number of hydrogen-bond acceptors (Lipinski definition) is 4. The van der Waals surface area contributed by atoms with Gasteiger partial charge in [-0.05, 0) is 60.6 Å². The van der Waals surface area contributed by atoms with Crippen LogP contribution in [0.3, 0.4) is 0 Å². The maximum atomic E-state index is 12.4. The molecule has 210 valence electrons. The zero-order chi connectivity index (χ0) is 27.9. The molecule has 4 nitrogen and oxygen atoms in total. The van der Waals surface area contributed by atoms with Crippen molar-refractivity contribution in [2.24, 2.45) is 11.8 Å². The van der Waals surface area contributed by atoms with Gasteiger partial charge in [0.05, 0.1) is 5.92 Å². The summed E-state index contributed by atoms with van der Waals surface area (Å²) >= 11 is 0. The molecular formula is C35H48N2O2. The van der Waals surface area contributed by atoms with E-state index in [-0.39, 0.29) is 11.9 Å². The fourth-order valence-corrected chi connectivity index (χ4v) is 4.79. The van der Waals surface area contributed by atoms with E-state index in [1.54, 1.807) is 0 Å². The minimum absolute atomic E-state index is 0.0986. The van der Waals surface area contributed by atoms with Crippen LogP contribution in [-0.2, 0) is 11.2 Å². The highest BCUT2D eigenvalue weighted by atomic mass is 16.5. The Hall–Kier alpha value is -3.01. The van der Waals surface area contributed by atoms with Crippen LogP contribution in [0.1, 0.15) is 104 Å². The smallest absolute Gasteiger partial charge is 0.314 e. The predicted molar refractivity (Wildman–Crippen MR) is 163 cm³/mol. The summed E-state index contributed by atoms with van der Waals surface area (Å²) in [6, 6.07) is 16.2. The maximum absolute atomic E-state index is 12.4. The molecule has 1 unspecified atom stereocenters. The van der Waals surface area contributed by atoms with E-state index in [2.05, 4.69) is 55.0 Å². The first-order chi connectivity index (χ1) is 19.0. The molecule has 0 aliphatic heterocycles. The second kappa shape index (κ2) is 16.8. The Balaban J connectivity index is 1.45. The van der Waals surface area contributed by atoms with Crippen molar-refractivity contribution >= 4 is 5.97 Å². The van der Waals surface area contributed by atoms with Gasteiger partial charge in [-0.3, -0.25) is 4.79 Å². The Kier molecular flexibility index (Phi) is 13.2. The van der Waals surface area contributed by atoms with Crippen LogP contribution in [0.15, 0.2) is 60.9 Å². The van der Waals surface area contributed by atoms with E-state index < -0.39 is 0 Å². The lowest BCUT2D eigenvalue weighted by molar-refractivity contribution is -0.138. The number of aryl methyl sites for hydroxylation is 1. The van der Waals surface area contributed by atoms with Crippen molar-refractivity contribution < 1.29 is 9.53 Å². The summed E-state index contributed by atoms with van der Waals surface area (Å²) in [5.74, 6) is 1.61. The van der Waals surface area contributed by atoms with Crippen LogP contribution in [0.4, 0.5) is 0 Å². The van der Waals surface area contributed by atoms with Crippen molar-refractivity contribution in [3.05, 3.63) is 66.5 Å². The van der Waals surface area contributed by atoms with Gasteiger partial charge in [0.25, 0.3) is 0 Å². The molecule has 0 N–H and O–H groups in total. The second-order valence-corrected chi connectivity index (χ2v) is 11.4. The summed E-state index contributed by atoms with van der Waals surface area (Å²) in [7, 11) is 0. The van der Waals surface area contributed by atoms with Crippen LogP contribution in [-0.4, -0.2) is 15.9 Å². The van der Waals surface area contributed by atoms with Crippen molar-refractivity contribution in [1.82, 2.24) is 9.97 Å². The number of carbonyl (C=O) groups is 1. The standard InChI is InChI=1S/C35H48N2O2/c1-5-6-7-8-9-10-11-12-16-29-17-19-30(20-18-29)32-25-36-34(37-26-32)31-21-23-33(24-22-31)39-35(38)28(4)15-13-14-27(2)3/h17-28H,5-16H2,1-4H3. The molecule has 0 fully saturated rings. The van der Waals surface area contributed by atoms with Crippen molar-refractivity contribution in [2.45, 2.75) is 105 Å². The van der Waals surface area contributed by atoms with E-state index in [0.717, 1.165) is 42.4 Å². The lowest BCUT2D eigenvalue weighted by Crippen LogP contribution is -2.17. The summed E-state index contributed by atoms with van der Waals surface area (Å²) < 4.78 is 5.59. The predicted octanol–water partition coefficient (Wildman–Crippen LogP) is 9.86. The minimum atomic E-state index is -0.170. The molecule has 39 heavy (non-hydrogen) atoms. The highest BCUT2D eigenvalue weighted by molar-refractivity contribution is 5.75. The first-order valence-corrected chi connectivity index (χ1v) is 15.2. The summed E-state index contributed by atoms with van der Waals surface area (Å²) in [6.45, 7) is 8.62. The zero-order valence-corrected chi connectivity index (χ0v) is 24.6.